The van der Waals surface area contributed by atoms with Crippen LogP contribution in [-0.2, 0) is 0 Å². The van der Waals surface area contributed by atoms with E-state index in [9.17, 15) is 9.59 Å². The molecule has 3 rings (SSSR count). The van der Waals surface area contributed by atoms with Gasteiger partial charge in [-0.15, -0.1) is 0 Å². The number of rotatable bonds is 2. The van der Waals surface area contributed by atoms with Crippen LogP contribution in [-0.4, -0.2) is 38.7 Å². The fraction of sp³-hybridized carbons (Fsp3) is 0.375. The lowest BCUT2D eigenvalue weighted by molar-refractivity contribution is 0.125. The van der Waals surface area contributed by atoms with Gasteiger partial charge in [0.2, 0.25) is 0 Å². The van der Waals surface area contributed by atoms with E-state index in [0.29, 0.717) is 25.9 Å². The lowest BCUT2D eigenvalue weighted by atomic mass is 10.1. The number of aromatic amines is 1. The van der Waals surface area contributed by atoms with Crippen molar-refractivity contribution >= 4 is 6.09 Å². The Bertz CT molecular complexity index is 722. The Morgan fingerprint density at radius 1 is 1.23 bits per heavy atom. The molecule has 0 atom stereocenters. The second kappa shape index (κ2) is 5.71. The number of hydrogen-bond acceptors (Lipinski definition) is 2. The summed E-state index contributed by atoms with van der Waals surface area (Å²) in [5.74, 6) is 0. The first kappa shape index (κ1) is 14.4. The summed E-state index contributed by atoms with van der Waals surface area (Å²) in [4.78, 5) is 27.4. The Morgan fingerprint density at radius 2 is 1.86 bits per heavy atom. The quantitative estimate of drug-likeness (QED) is 0.894. The van der Waals surface area contributed by atoms with Gasteiger partial charge in [0, 0.05) is 25.3 Å². The third kappa shape index (κ3) is 2.77. The molecule has 2 N–H and O–H groups in total. The maximum Gasteiger partial charge on any atom is 0.407 e. The van der Waals surface area contributed by atoms with Gasteiger partial charge in [-0.05, 0) is 25.3 Å². The van der Waals surface area contributed by atoms with E-state index in [1.807, 2.05) is 37.4 Å². The normalized spacial score (nSPS) is 16.0. The van der Waals surface area contributed by atoms with Crippen molar-refractivity contribution < 1.29 is 9.90 Å². The van der Waals surface area contributed by atoms with Crippen molar-refractivity contribution in [3.63, 3.8) is 0 Å². The number of hydrogen-bond donors (Lipinski definition) is 2. The highest BCUT2D eigenvalue weighted by atomic mass is 16.4. The Morgan fingerprint density at radius 3 is 2.45 bits per heavy atom. The lowest BCUT2D eigenvalue weighted by Crippen LogP contribution is -2.39. The molecule has 1 fully saturated rings. The zero-order chi connectivity index (χ0) is 15.7. The number of nitrogens with one attached hydrogen (secondary N) is 1. The second-order valence-electron chi connectivity index (χ2n) is 5.75. The van der Waals surface area contributed by atoms with Crippen LogP contribution >= 0.6 is 0 Å². The van der Waals surface area contributed by atoms with Crippen molar-refractivity contribution in [2.45, 2.75) is 25.8 Å². The molecule has 0 unspecified atom stereocenters. The van der Waals surface area contributed by atoms with E-state index in [-0.39, 0.29) is 11.7 Å². The zero-order valence-electron chi connectivity index (χ0n) is 12.5. The first-order valence-electron chi connectivity index (χ1n) is 7.40. The summed E-state index contributed by atoms with van der Waals surface area (Å²) >= 11 is 0. The van der Waals surface area contributed by atoms with E-state index in [1.54, 1.807) is 4.57 Å². The average Bonchev–Trinajstić information content (AvgIpc) is 2.90. The SMILES string of the molecule is Cc1ccc(-c2cn(C3CCN(C(=O)O)CC3)c(=O)[nH]2)cc1. The maximum atomic E-state index is 12.2. The van der Waals surface area contributed by atoms with Gasteiger partial charge < -0.3 is 15.0 Å². The minimum Gasteiger partial charge on any atom is -0.465 e. The van der Waals surface area contributed by atoms with Crippen molar-refractivity contribution in [2.75, 3.05) is 13.1 Å². The predicted octanol–water partition coefficient (Wildman–Crippen LogP) is 2.47. The standard InChI is InChI=1S/C16H19N3O3/c1-11-2-4-12(5-3-11)14-10-19(15(20)17-14)13-6-8-18(9-7-13)16(21)22/h2-5,10,13H,6-9H2,1H3,(H,17,20)(H,21,22). The number of piperidine rings is 1. The summed E-state index contributed by atoms with van der Waals surface area (Å²) in [5, 5.41) is 8.98. The Labute approximate surface area is 128 Å². The van der Waals surface area contributed by atoms with Crippen LogP contribution in [0.15, 0.2) is 35.3 Å². The van der Waals surface area contributed by atoms with Crippen LogP contribution in [0.25, 0.3) is 11.3 Å². The van der Waals surface area contributed by atoms with E-state index in [4.69, 9.17) is 5.11 Å². The molecule has 6 nitrogen and oxygen atoms in total. The molecular formula is C16H19N3O3. The van der Waals surface area contributed by atoms with Gasteiger partial charge in [0.25, 0.3) is 0 Å². The Kier molecular flexibility index (Phi) is 3.75. The van der Waals surface area contributed by atoms with Crippen LogP contribution in [0.5, 0.6) is 0 Å². The van der Waals surface area contributed by atoms with E-state index in [2.05, 4.69) is 4.98 Å². The van der Waals surface area contributed by atoms with E-state index in [1.165, 1.54) is 10.5 Å². The number of carbonyl (C=O) groups is 1. The molecule has 2 aromatic rings. The lowest BCUT2D eigenvalue weighted by Gasteiger charge is -2.30. The number of amides is 1. The molecule has 22 heavy (non-hydrogen) atoms. The summed E-state index contributed by atoms with van der Waals surface area (Å²) in [7, 11) is 0. The van der Waals surface area contributed by atoms with Gasteiger partial charge in [-0.2, -0.15) is 0 Å². The highest BCUT2D eigenvalue weighted by Gasteiger charge is 2.24. The number of nitrogens with zero attached hydrogens (tertiary/aromatic N) is 2. The number of imidazole rings is 1. The monoisotopic (exact) mass is 301 g/mol. The number of likely N-dealkylation sites (tertiary alicyclic amines) is 1. The van der Waals surface area contributed by atoms with E-state index in [0.717, 1.165) is 11.3 Å². The van der Waals surface area contributed by atoms with Crippen molar-refractivity contribution in [1.82, 2.24) is 14.5 Å². The van der Waals surface area contributed by atoms with Gasteiger partial charge in [0.15, 0.2) is 0 Å². The molecular weight excluding hydrogens is 282 g/mol. The van der Waals surface area contributed by atoms with Crippen LogP contribution in [0.3, 0.4) is 0 Å². The number of aryl methyl sites for hydroxylation is 1. The number of H-pyrrole nitrogens is 1. The van der Waals surface area contributed by atoms with Crippen LogP contribution in [0.4, 0.5) is 4.79 Å². The largest absolute Gasteiger partial charge is 0.465 e. The minimum atomic E-state index is -0.889. The predicted molar refractivity (Wildman–Crippen MR) is 83.1 cm³/mol. The topological polar surface area (TPSA) is 78.3 Å². The van der Waals surface area contributed by atoms with Crippen LogP contribution in [0.1, 0.15) is 24.4 Å². The number of carboxylic acid groups (broad SMARTS) is 1. The summed E-state index contributed by atoms with van der Waals surface area (Å²) in [5.41, 5.74) is 2.81. The summed E-state index contributed by atoms with van der Waals surface area (Å²) in [6, 6.07) is 8.04. The molecule has 0 bridgehead atoms. The highest BCUT2D eigenvalue weighted by Crippen LogP contribution is 2.23. The summed E-state index contributed by atoms with van der Waals surface area (Å²) in [6.45, 7) is 2.96. The fourth-order valence-corrected chi connectivity index (χ4v) is 2.90. The van der Waals surface area contributed by atoms with Gasteiger partial charge >= 0.3 is 11.8 Å². The Balaban J connectivity index is 1.80. The zero-order valence-corrected chi connectivity index (χ0v) is 12.5. The van der Waals surface area contributed by atoms with Crippen molar-refractivity contribution in [2.24, 2.45) is 0 Å². The first-order valence-corrected chi connectivity index (χ1v) is 7.40. The molecule has 116 valence electrons. The molecule has 0 aliphatic carbocycles. The van der Waals surface area contributed by atoms with Crippen molar-refractivity contribution in [1.29, 1.82) is 0 Å². The minimum absolute atomic E-state index is 0.0542. The third-order valence-corrected chi connectivity index (χ3v) is 4.24. The van der Waals surface area contributed by atoms with Crippen LogP contribution in [0.2, 0.25) is 0 Å². The summed E-state index contributed by atoms with van der Waals surface area (Å²) in [6.07, 6.45) is 2.28. The van der Waals surface area contributed by atoms with Gasteiger partial charge in [0.05, 0.1) is 5.69 Å². The molecule has 0 saturated carbocycles. The first-order chi connectivity index (χ1) is 10.5. The third-order valence-electron chi connectivity index (χ3n) is 4.24. The highest BCUT2D eigenvalue weighted by molar-refractivity contribution is 5.65. The molecule has 1 aliphatic rings. The fourth-order valence-electron chi connectivity index (χ4n) is 2.90. The molecule has 0 spiro atoms. The average molecular weight is 301 g/mol. The number of benzene rings is 1. The van der Waals surface area contributed by atoms with Crippen LogP contribution < -0.4 is 5.69 Å². The van der Waals surface area contributed by atoms with Crippen molar-refractivity contribution in [3.05, 3.63) is 46.5 Å². The maximum absolute atomic E-state index is 12.2. The number of aromatic nitrogens is 2. The smallest absolute Gasteiger partial charge is 0.407 e. The van der Waals surface area contributed by atoms with Gasteiger partial charge in [-0.25, -0.2) is 9.59 Å². The second-order valence-corrected chi connectivity index (χ2v) is 5.75. The van der Waals surface area contributed by atoms with Gasteiger partial charge in [-0.3, -0.25) is 4.57 Å². The van der Waals surface area contributed by atoms with Gasteiger partial charge in [0.1, 0.15) is 0 Å². The summed E-state index contributed by atoms with van der Waals surface area (Å²) < 4.78 is 1.70. The molecule has 1 aromatic heterocycles. The molecule has 1 saturated heterocycles. The molecule has 1 amide bonds. The van der Waals surface area contributed by atoms with Crippen molar-refractivity contribution in [3.8, 4) is 11.3 Å². The Hall–Kier alpha value is -2.50. The van der Waals surface area contributed by atoms with E-state index < -0.39 is 6.09 Å². The molecule has 2 heterocycles. The molecule has 1 aromatic carbocycles. The van der Waals surface area contributed by atoms with Gasteiger partial charge in [-0.1, -0.05) is 29.8 Å². The molecule has 6 heteroatoms. The molecule has 0 radical (unpaired) electrons. The van der Waals surface area contributed by atoms with E-state index >= 15 is 0 Å². The molecule has 1 aliphatic heterocycles. The van der Waals surface area contributed by atoms with Crippen LogP contribution in [0, 0.1) is 6.92 Å².